The fourth-order valence-corrected chi connectivity index (χ4v) is 2.12. The number of aromatic nitrogens is 1. The van der Waals surface area contributed by atoms with E-state index in [1.807, 2.05) is 18.2 Å². The molecule has 2 N–H and O–H groups in total. The van der Waals surface area contributed by atoms with Gasteiger partial charge in [0.25, 0.3) is 0 Å². The first-order valence-corrected chi connectivity index (χ1v) is 6.82. The number of hydrogen-bond acceptors (Lipinski definition) is 3. The molecule has 0 amide bonds. The normalized spacial score (nSPS) is 11.8. The molecule has 0 atom stereocenters. The van der Waals surface area contributed by atoms with Crippen LogP contribution in [0.4, 0.5) is 5.82 Å². The van der Waals surface area contributed by atoms with Crippen LogP contribution in [-0.2, 0) is 6.54 Å². The lowest BCUT2D eigenvalue weighted by atomic mass is 9.99. The predicted molar refractivity (Wildman–Crippen MR) is 82.4 cm³/mol. The lowest BCUT2D eigenvalue weighted by Gasteiger charge is -2.36. The van der Waals surface area contributed by atoms with Gasteiger partial charge in [-0.25, -0.2) is 4.98 Å². The van der Waals surface area contributed by atoms with E-state index in [4.69, 9.17) is 10.7 Å². The zero-order chi connectivity index (χ0) is 14.0. The molecule has 0 fully saturated rings. The van der Waals surface area contributed by atoms with Gasteiger partial charge in [0.1, 0.15) is 5.82 Å². The van der Waals surface area contributed by atoms with Crippen molar-refractivity contribution in [3.63, 3.8) is 0 Å². The largest absolute Gasteiger partial charge is 0.355 e. The Bertz CT molecular complexity index is 575. The average Bonchev–Trinajstić information content (AvgIpc) is 2.45. The molecule has 0 radical (unpaired) electrons. The summed E-state index contributed by atoms with van der Waals surface area (Å²) >= 11 is 0. The van der Waals surface area contributed by atoms with Crippen LogP contribution in [0.3, 0.4) is 0 Å². The van der Waals surface area contributed by atoms with Crippen LogP contribution in [0, 0.1) is 0 Å². The molecule has 0 spiro atoms. The molecule has 1 heterocycles. The number of rotatable bonds is 4. The van der Waals surface area contributed by atoms with Crippen LogP contribution in [0.15, 0.2) is 30.3 Å². The monoisotopic (exact) mass is 257 g/mol. The second-order valence-electron chi connectivity index (χ2n) is 5.59. The predicted octanol–water partition coefficient (Wildman–Crippen LogP) is 3.32. The third-order valence-electron chi connectivity index (χ3n) is 4.13. The fourth-order valence-electron chi connectivity index (χ4n) is 2.12. The summed E-state index contributed by atoms with van der Waals surface area (Å²) in [5, 5.41) is 1.15. The van der Waals surface area contributed by atoms with Crippen molar-refractivity contribution < 1.29 is 0 Å². The van der Waals surface area contributed by atoms with Gasteiger partial charge in [-0.05, 0) is 38.0 Å². The second-order valence-corrected chi connectivity index (χ2v) is 5.59. The minimum Gasteiger partial charge on any atom is -0.355 e. The summed E-state index contributed by atoms with van der Waals surface area (Å²) in [5.41, 5.74) is 8.13. The molecule has 3 heteroatoms. The maximum absolute atomic E-state index is 5.88. The van der Waals surface area contributed by atoms with E-state index < -0.39 is 0 Å². The van der Waals surface area contributed by atoms with Crippen LogP contribution >= 0.6 is 0 Å². The number of anilines is 1. The van der Waals surface area contributed by atoms with Crippen molar-refractivity contribution >= 4 is 16.7 Å². The van der Waals surface area contributed by atoms with Crippen molar-refractivity contribution in [3.8, 4) is 0 Å². The standard InChI is InChI=1S/C16H23N3/c1-5-16(2,3)19(4)15-10-12(11-17)13-8-6-7-9-14(13)18-15/h6-10H,5,11,17H2,1-4H3. The summed E-state index contributed by atoms with van der Waals surface area (Å²) in [4.78, 5) is 7.00. The summed E-state index contributed by atoms with van der Waals surface area (Å²) < 4.78 is 0. The number of fused-ring (bicyclic) bond motifs is 1. The van der Waals surface area contributed by atoms with Crippen LogP contribution in [0.1, 0.15) is 32.8 Å². The Hall–Kier alpha value is -1.61. The summed E-state index contributed by atoms with van der Waals surface area (Å²) in [6.45, 7) is 7.19. The van der Waals surface area contributed by atoms with E-state index in [1.54, 1.807) is 0 Å². The molecule has 102 valence electrons. The smallest absolute Gasteiger partial charge is 0.129 e. The Morgan fingerprint density at radius 1 is 1.26 bits per heavy atom. The van der Waals surface area contributed by atoms with Gasteiger partial charge < -0.3 is 10.6 Å². The first-order chi connectivity index (χ1) is 8.99. The van der Waals surface area contributed by atoms with Crippen LogP contribution < -0.4 is 10.6 Å². The number of para-hydroxylation sites is 1. The van der Waals surface area contributed by atoms with Gasteiger partial charge in [-0.2, -0.15) is 0 Å². The second kappa shape index (κ2) is 5.17. The van der Waals surface area contributed by atoms with Gasteiger partial charge in [0, 0.05) is 24.5 Å². The molecule has 0 aliphatic rings. The van der Waals surface area contributed by atoms with E-state index in [0.29, 0.717) is 6.54 Å². The van der Waals surface area contributed by atoms with E-state index in [-0.39, 0.29) is 5.54 Å². The third kappa shape index (κ3) is 2.56. The lowest BCUT2D eigenvalue weighted by Crippen LogP contribution is -2.41. The zero-order valence-corrected chi connectivity index (χ0v) is 12.3. The van der Waals surface area contributed by atoms with E-state index in [2.05, 4.69) is 44.9 Å². The molecule has 1 aromatic carbocycles. The fraction of sp³-hybridized carbons (Fsp3) is 0.438. The number of nitrogens with two attached hydrogens (primary N) is 1. The van der Waals surface area contributed by atoms with Gasteiger partial charge in [0.2, 0.25) is 0 Å². The molecule has 0 aliphatic carbocycles. The highest BCUT2D eigenvalue weighted by molar-refractivity contribution is 5.84. The lowest BCUT2D eigenvalue weighted by molar-refractivity contribution is 0.467. The highest BCUT2D eigenvalue weighted by atomic mass is 15.2. The molecule has 0 unspecified atom stereocenters. The van der Waals surface area contributed by atoms with Crippen LogP contribution in [0.25, 0.3) is 10.9 Å². The van der Waals surface area contributed by atoms with E-state index >= 15 is 0 Å². The quantitative estimate of drug-likeness (QED) is 0.913. The molecular formula is C16H23N3. The molecule has 0 aliphatic heterocycles. The number of benzene rings is 1. The van der Waals surface area contributed by atoms with E-state index in [1.165, 1.54) is 0 Å². The van der Waals surface area contributed by atoms with Crippen molar-refractivity contribution in [2.24, 2.45) is 5.73 Å². The van der Waals surface area contributed by atoms with Gasteiger partial charge in [0.15, 0.2) is 0 Å². The average molecular weight is 257 g/mol. The molecule has 2 aromatic rings. The summed E-state index contributed by atoms with van der Waals surface area (Å²) in [7, 11) is 2.10. The molecule has 0 bridgehead atoms. The van der Waals surface area contributed by atoms with Crippen LogP contribution in [0.5, 0.6) is 0 Å². The van der Waals surface area contributed by atoms with Gasteiger partial charge in [-0.15, -0.1) is 0 Å². The molecule has 3 nitrogen and oxygen atoms in total. The zero-order valence-electron chi connectivity index (χ0n) is 12.3. The van der Waals surface area contributed by atoms with Crippen molar-refractivity contribution in [1.82, 2.24) is 4.98 Å². The van der Waals surface area contributed by atoms with Crippen LogP contribution in [-0.4, -0.2) is 17.6 Å². The number of nitrogens with zero attached hydrogens (tertiary/aromatic N) is 2. The summed E-state index contributed by atoms with van der Waals surface area (Å²) in [6, 6.07) is 10.3. The van der Waals surface area contributed by atoms with Gasteiger partial charge in [-0.3, -0.25) is 0 Å². The maximum Gasteiger partial charge on any atom is 0.129 e. The van der Waals surface area contributed by atoms with Crippen molar-refractivity contribution in [2.75, 3.05) is 11.9 Å². The minimum absolute atomic E-state index is 0.0846. The molecule has 19 heavy (non-hydrogen) atoms. The molecule has 2 rings (SSSR count). The molecular weight excluding hydrogens is 234 g/mol. The Labute approximate surface area is 115 Å². The van der Waals surface area contributed by atoms with Gasteiger partial charge >= 0.3 is 0 Å². The Balaban J connectivity index is 2.56. The topological polar surface area (TPSA) is 42.1 Å². The molecule has 0 saturated heterocycles. The Kier molecular flexibility index (Phi) is 3.76. The van der Waals surface area contributed by atoms with Crippen molar-refractivity contribution in [1.29, 1.82) is 0 Å². The Morgan fingerprint density at radius 3 is 2.58 bits per heavy atom. The summed E-state index contributed by atoms with van der Waals surface area (Å²) in [6.07, 6.45) is 1.07. The number of hydrogen-bond donors (Lipinski definition) is 1. The van der Waals surface area contributed by atoms with Gasteiger partial charge in [0.05, 0.1) is 5.52 Å². The first kappa shape index (κ1) is 13.8. The van der Waals surface area contributed by atoms with E-state index in [9.17, 15) is 0 Å². The minimum atomic E-state index is 0.0846. The first-order valence-electron chi connectivity index (χ1n) is 6.82. The maximum atomic E-state index is 5.88. The van der Waals surface area contributed by atoms with Gasteiger partial charge in [-0.1, -0.05) is 25.1 Å². The highest BCUT2D eigenvalue weighted by Gasteiger charge is 2.23. The summed E-state index contributed by atoms with van der Waals surface area (Å²) in [5.74, 6) is 0.992. The SMILES string of the molecule is CCC(C)(C)N(C)c1cc(CN)c2ccccc2n1. The highest BCUT2D eigenvalue weighted by Crippen LogP contribution is 2.27. The number of pyridine rings is 1. The van der Waals surface area contributed by atoms with E-state index in [0.717, 1.165) is 28.7 Å². The Morgan fingerprint density at radius 2 is 1.95 bits per heavy atom. The molecule has 1 aromatic heterocycles. The van der Waals surface area contributed by atoms with Crippen molar-refractivity contribution in [2.45, 2.75) is 39.3 Å². The molecule has 0 saturated carbocycles. The van der Waals surface area contributed by atoms with Crippen molar-refractivity contribution in [3.05, 3.63) is 35.9 Å². The third-order valence-corrected chi connectivity index (χ3v) is 4.13. The van der Waals surface area contributed by atoms with Crippen LogP contribution in [0.2, 0.25) is 0 Å².